The van der Waals surface area contributed by atoms with Gasteiger partial charge in [0.1, 0.15) is 0 Å². The smallest absolute Gasteiger partial charge is 0.171 e. The first-order valence-electron chi connectivity index (χ1n) is 13.2. The second-order valence-corrected chi connectivity index (χ2v) is 12.9. The van der Waals surface area contributed by atoms with Crippen LogP contribution in [0.3, 0.4) is 0 Å². The average Bonchev–Trinajstić information content (AvgIpc) is 3.15. The molecule has 1 spiro atoms. The van der Waals surface area contributed by atoms with Gasteiger partial charge in [0.05, 0.1) is 12.7 Å². The standard InChI is InChI=1S/C27H44O2/c1-17-10-14-27(28-16-17)18(2)24-23(29-27)15-22-20-9-8-19-7-5-6-12-25(19,3)21(20)11-13-26(22,24)4/h17-24H,5-16H2,1-4H3/t17-,18-,19+,20?,21-,22-,23-,24?,25-,26-,27+/m0/s1. The molecule has 0 radical (unpaired) electrons. The van der Waals surface area contributed by atoms with Crippen LogP contribution in [-0.2, 0) is 9.47 Å². The van der Waals surface area contributed by atoms with Crippen LogP contribution in [-0.4, -0.2) is 18.5 Å². The molecule has 0 N–H and O–H groups in total. The molecule has 164 valence electrons. The van der Waals surface area contributed by atoms with Gasteiger partial charge in [0.2, 0.25) is 0 Å². The minimum Gasteiger partial charge on any atom is -0.349 e. The molecular formula is C27H44O2. The summed E-state index contributed by atoms with van der Waals surface area (Å²) >= 11 is 0. The predicted octanol–water partition coefficient (Wildman–Crippen LogP) is 6.82. The molecule has 0 aromatic heterocycles. The van der Waals surface area contributed by atoms with Gasteiger partial charge in [-0.25, -0.2) is 0 Å². The summed E-state index contributed by atoms with van der Waals surface area (Å²) < 4.78 is 13.4. The molecule has 4 aliphatic carbocycles. The summed E-state index contributed by atoms with van der Waals surface area (Å²) in [5.74, 6) is 5.62. The van der Waals surface area contributed by atoms with E-state index in [0.717, 1.165) is 42.6 Å². The molecule has 2 heterocycles. The van der Waals surface area contributed by atoms with Crippen LogP contribution in [0.25, 0.3) is 0 Å². The van der Waals surface area contributed by atoms with Crippen LogP contribution < -0.4 is 0 Å². The van der Waals surface area contributed by atoms with E-state index in [4.69, 9.17) is 9.47 Å². The zero-order valence-corrected chi connectivity index (χ0v) is 19.4. The van der Waals surface area contributed by atoms with E-state index in [1.165, 1.54) is 64.2 Å². The third kappa shape index (κ3) is 2.54. The maximum Gasteiger partial charge on any atom is 0.171 e. The van der Waals surface area contributed by atoms with E-state index < -0.39 is 0 Å². The second-order valence-electron chi connectivity index (χ2n) is 12.9. The lowest BCUT2D eigenvalue weighted by atomic mass is 9.44. The van der Waals surface area contributed by atoms with Gasteiger partial charge in [-0.05, 0) is 97.7 Å². The van der Waals surface area contributed by atoms with E-state index in [0.29, 0.717) is 28.8 Å². The lowest BCUT2D eigenvalue weighted by Crippen LogP contribution is -2.54. The summed E-state index contributed by atoms with van der Waals surface area (Å²) in [6.45, 7) is 11.1. The maximum absolute atomic E-state index is 6.92. The summed E-state index contributed by atoms with van der Waals surface area (Å²) in [4.78, 5) is 0. The Hall–Kier alpha value is -0.0800. The van der Waals surface area contributed by atoms with Gasteiger partial charge in [0.25, 0.3) is 0 Å². The Labute approximate surface area is 178 Å². The molecule has 6 rings (SSSR count). The fourth-order valence-corrected chi connectivity index (χ4v) is 10.3. The van der Waals surface area contributed by atoms with Crippen molar-refractivity contribution in [2.24, 2.45) is 52.3 Å². The van der Waals surface area contributed by atoms with Crippen molar-refractivity contribution in [1.82, 2.24) is 0 Å². The number of fused-ring (bicyclic) bond motifs is 7. The molecular weight excluding hydrogens is 356 g/mol. The minimum atomic E-state index is -0.250. The first-order valence-corrected chi connectivity index (χ1v) is 13.2. The Balaban J connectivity index is 1.27. The van der Waals surface area contributed by atoms with Gasteiger partial charge in [-0.3, -0.25) is 0 Å². The van der Waals surface area contributed by atoms with Crippen LogP contribution in [0.1, 0.15) is 98.3 Å². The minimum absolute atomic E-state index is 0.250. The monoisotopic (exact) mass is 400 g/mol. The van der Waals surface area contributed by atoms with Crippen LogP contribution in [0.5, 0.6) is 0 Å². The average molecular weight is 401 g/mol. The quantitative estimate of drug-likeness (QED) is 0.444. The van der Waals surface area contributed by atoms with E-state index in [1.807, 2.05) is 0 Å². The van der Waals surface area contributed by atoms with Gasteiger partial charge in [-0.1, -0.05) is 40.5 Å². The SMILES string of the molecule is C[C@H]1CC[C@@]2(OC1)O[C@H]1C[C@H]3C4CC[C@H]5CCCC[C@]5(C)[C@H]4CC[C@]3(C)C1[C@@H]2C. The van der Waals surface area contributed by atoms with E-state index in [1.54, 1.807) is 0 Å². The molecule has 6 aliphatic rings. The summed E-state index contributed by atoms with van der Waals surface area (Å²) in [6, 6.07) is 0. The van der Waals surface area contributed by atoms with Crippen molar-refractivity contribution in [3.63, 3.8) is 0 Å². The topological polar surface area (TPSA) is 18.5 Å². The van der Waals surface area contributed by atoms with E-state index in [9.17, 15) is 0 Å². The third-order valence-corrected chi connectivity index (χ3v) is 11.9. The van der Waals surface area contributed by atoms with Crippen molar-refractivity contribution in [3.8, 4) is 0 Å². The van der Waals surface area contributed by atoms with Crippen LogP contribution in [0.2, 0.25) is 0 Å². The first-order chi connectivity index (χ1) is 13.9. The van der Waals surface area contributed by atoms with Gasteiger partial charge < -0.3 is 9.47 Å². The largest absolute Gasteiger partial charge is 0.349 e. The summed E-state index contributed by atoms with van der Waals surface area (Å²) in [5.41, 5.74) is 1.13. The molecule has 6 fully saturated rings. The molecule has 2 nitrogen and oxygen atoms in total. The normalized spacial score (nSPS) is 61.7. The molecule has 11 atom stereocenters. The zero-order chi connectivity index (χ0) is 20.0. The summed E-state index contributed by atoms with van der Waals surface area (Å²) in [5, 5.41) is 0. The van der Waals surface area contributed by atoms with Gasteiger partial charge in [0, 0.05) is 12.3 Å². The van der Waals surface area contributed by atoms with E-state index >= 15 is 0 Å². The molecule has 29 heavy (non-hydrogen) atoms. The number of ether oxygens (including phenoxy) is 2. The van der Waals surface area contributed by atoms with Gasteiger partial charge in [-0.15, -0.1) is 0 Å². The van der Waals surface area contributed by atoms with Crippen molar-refractivity contribution in [3.05, 3.63) is 0 Å². The van der Waals surface area contributed by atoms with Crippen LogP contribution in [0, 0.1) is 52.3 Å². The second kappa shape index (κ2) is 6.47. The number of hydrogen-bond donors (Lipinski definition) is 0. The lowest BCUT2D eigenvalue weighted by molar-refractivity contribution is -0.273. The molecule has 2 heteroatoms. The fraction of sp³-hybridized carbons (Fsp3) is 1.00. The molecule has 2 saturated heterocycles. The zero-order valence-electron chi connectivity index (χ0n) is 19.4. The van der Waals surface area contributed by atoms with Gasteiger partial charge in [0.15, 0.2) is 5.79 Å². The highest BCUT2D eigenvalue weighted by Gasteiger charge is 2.68. The molecule has 0 bridgehead atoms. The molecule has 0 aromatic rings. The predicted molar refractivity (Wildman–Crippen MR) is 116 cm³/mol. The highest BCUT2D eigenvalue weighted by Crippen LogP contribution is 2.71. The molecule has 2 unspecified atom stereocenters. The third-order valence-electron chi connectivity index (χ3n) is 11.9. The molecule has 2 aliphatic heterocycles. The Morgan fingerprint density at radius 2 is 1.66 bits per heavy atom. The Bertz CT molecular complexity index is 651. The number of rotatable bonds is 0. The number of hydrogen-bond acceptors (Lipinski definition) is 2. The van der Waals surface area contributed by atoms with Gasteiger partial charge in [-0.2, -0.15) is 0 Å². The van der Waals surface area contributed by atoms with Crippen LogP contribution in [0.15, 0.2) is 0 Å². The highest BCUT2D eigenvalue weighted by atomic mass is 16.7. The van der Waals surface area contributed by atoms with Gasteiger partial charge >= 0.3 is 0 Å². The fourth-order valence-electron chi connectivity index (χ4n) is 10.3. The Morgan fingerprint density at radius 1 is 0.793 bits per heavy atom. The van der Waals surface area contributed by atoms with E-state index in [-0.39, 0.29) is 5.79 Å². The first kappa shape index (κ1) is 19.6. The maximum atomic E-state index is 6.92. The van der Waals surface area contributed by atoms with Crippen molar-refractivity contribution >= 4 is 0 Å². The lowest BCUT2D eigenvalue weighted by Gasteiger charge is -2.61. The summed E-state index contributed by atoms with van der Waals surface area (Å²) in [7, 11) is 0. The Kier molecular flexibility index (Phi) is 4.37. The van der Waals surface area contributed by atoms with Crippen molar-refractivity contribution in [2.45, 2.75) is 110 Å². The van der Waals surface area contributed by atoms with E-state index in [2.05, 4.69) is 27.7 Å². The summed E-state index contributed by atoms with van der Waals surface area (Å²) in [6.07, 6.45) is 16.2. The molecule has 4 saturated carbocycles. The van der Waals surface area contributed by atoms with Crippen molar-refractivity contribution in [2.75, 3.05) is 6.61 Å². The van der Waals surface area contributed by atoms with Crippen LogP contribution >= 0.6 is 0 Å². The molecule has 0 amide bonds. The van der Waals surface area contributed by atoms with Crippen molar-refractivity contribution < 1.29 is 9.47 Å². The van der Waals surface area contributed by atoms with Crippen molar-refractivity contribution in [1.29, 1.82) is 0 Å². The highest BCUT2D eigenvalue weighted by molar-refractivity contribution is 5.15. The van der Waals surface area contributed by atoms with Crippen LogP contribution in [0.4, 0.5) is 0 Å². The Morgan fingerprint density at radius 3 is 2.45 bits per heavy atom. The molecule has 0 aromatic carbocycles.